The molecule has 0 fully saturated rings. The summed E-state index contributed by atoms with van der Waals surface area (Å²) < 4.78 is 6.11. The first kappa shape index (κ1) is 14.8. The summed E-state index contributed by atoms with van der Waals surface area (Å²) in [4.78, 5) is 0. The average Bonchev–Trinajstić information content (AvgIpc) is 2.96. The Bertz CT molecular complexity index is 544. The van der Waals surface area contributed by atoms with Crippen LogP contribution in [0.5, 0.6) is 0 Å². The van der Waals surface area contributed by atoms with E-state index in [9.17, 15) is 0 Å². The summed E-state index contributed by atoms with van der Waals surface area (Å²) >= 11 is -2.43. The molecule has 20 heavy (non-hydrogen) atoms. The molecule has 0 bridgehead atoms. The van der Waals surface area contributed by atoms with Crippen LogP contribution in [0.1, 0.15) is 46.5 Å². The Morgan fingerprint density at radius 3 is 2.25 bits per heavy atom. The number of rotatable bonds is 2. The Morgan fingerprint density at radius 1 is 1.00 bits per heavy atom. The Hall–Kier alpha value is -0.157. The van der Waals surface area contributed by atoms with Gasteiger partial charge in [0.1, 0.15) is 0 Å². The summed E-state index contributed by atoms with van der Waals surface area (Å²) in [6.45, 7) is 7.42. The van der Waals surface area contributed by atoms with Gasteiger partial charge in [-0.2, -0.15) is 0 Å². The molecule has 0 heterocycles. The Morgan fingerprint density at radius 2 is 1.60 bits per heavy atom. The van der Waals surface area contributed by atoms with Gasteiger partial charge in [-0.3, -0.25) is 0 Å². The van der Waals surface area contributed by atoms with E-state index in [1.807, 2.05) is 5.57 Å². The van der Waals surface area contributed by atoms with E-state index in [0.29, 0.717) is 6.25 Å². The number of allylic oxidation sites excluding steroid dienone is 8. The average molecular weight is 348 g/mol. The van der Waals surface area contributed by atoms with E-state index in [1.165, 1.54) is 25.7 Å². The molecule has 108 valence electrons. The van der Waals surface area contributed by atoms with E-state index in [0.717, 1.165) is 0 Å². The molecule has 3 aliphatic rings. The summed E-state index contributed by atoms with van der Waals surface area (Å²) in [5, 5.41) is 0. The quantitative estimate of drug-likeness (QED) is 0.531. The van der Waals surface area contributed by atoms with Gasteiger partial charge in [-0.15, -0.1) is 0 Å². The Balaban J connectivity index is 2.11. The molecule has 0 aliphatic heterocycles. The van der Waals surface area contributed by atoms with Crippen molar-refractivity contribution in [1.29, 1.82) is 0 Å². The summed E-state index contributed by atoms with van der Waals surface area (Å²) in [5.41, 5.74) is 5.16. The van der Waals surface area contributed by atoms with Crippen molar-refractivity contribution in [2.75, 3.05) is 0 Å². The molecule has 3 aliphatic carbocycles. The topological polar surface area (TPSA) is 0 Å². The van der Waals surface area contributed by atoms with Gasteiger partial charge in [0.25, 0.3) is 0 Å². The number of hydrogen-bond donors (Lipinski definition) is 0. The van der Waals surface area contributed by atoms with E-state index in [4.69, 9.17) is 0 Å². The van der Waals surface area contributed by atoms with Crippen LogP contribution in [0.4, 0.5) is 0 Å². The van der Waals surface area contributed by atoms with Crippen LogP contribution in [0.2, 0.25) is 15.5 Å². The molecule has 0 amide bonds. The zero-order valence-corrected chi connectivity index (χ0v) is 16.2. The van der Waals surface area contributed by atoms with Crippen molar-refractivity contribution >= 4 is 0 Å². The maximum atomic E-state index is 2.67. The van der Waals surface area contributed by atoms with Crippen LogP contribution in [0.3, 0.4) is 0 Å². The monoisotopic (exact) mass is 346 g/mol. The molecule has 1 atom stereocenters. The standard InChI is InChI=1S/C11H15.C6H7.2CH3.Zr/c1-8-7-9(2)11-6-4-3-5-10(8)11;1-6-4-2-3-5-6;;;/h7H,3-6H2,1-2H3;2-5H,1H3;2*1H3;. The molecule has 0 aromatic carbocycles. The van der Waals surface area contributed by atoms with Gasteiger partial charge in [0.2, 0.25) is 0 Å². The third-order valence-corrected chi connectivity index (χ3v) is 21.6. The molecule has 0 N–H and O–H groups in total. The molecule has 0 radical (unpaired) electrons. The van der Waals surface area contributed by atoms with Crippen LogP contribution in [0.25, 0.3) is 0 Å². The molecule has 1 heteroatoms. The van der Waals surface area contributed by atoms with E-state index >= 15 is 0 Å². The summed E-state index contributed by atoms with van der Waals surface area (Å²) in [7, 11) is 0. The van der Waals surface area contributed by atoms with Gasteiger partial charge in [0.15, 0.2) is 0 Å². The minimum atomic E-state index is -2.43. The first-order valence-corrected chi connectivity index (χ1v) is 15.5. The minimum absolute atomic E-state index is 0.361. The van der Waals surface area contributed by atoms with Crippen molar-refractivity contribution in [3.05, 3.63) is 47.1 Å². The van der Waals surface area contributed by atoms with Crippen LogP contribution >= 0.6 is 0 Å². The summed E-state index contributed by atoms with van der Waals surface area (Å²) in [5.74, 6) is 0. The van der Waals surface area contributed by atoms with Gasteiger partial charge >= 0.3 is 129 Å². The summed E-state index contributed by atoms with van der Waals surface area (Å²) in [6.07, 6.45) is 17.7. The van der Waals surface area contributed by atoms with E-state index in [2.05, 4.69) is 60.4 Å². The van der Waals surface area contributed by atoms with Gasteiger partial charge in [-0.25, -0.2) is 0 Å². The normalized spacial score (nSPS) is 31.8. The fraction of sp³-hybridized carbons (Fsp3) is 0.579. The second-order valence-corrected chi connectivity index (χ2v) is 21.0. The van der Waals surface area contributed by atoms with E-state index in [-0.39, 0.29) is 0 Å². The molecular weight excluding hydrogens is 319 g/mol. The molecular formula is C19H28Zr. The molecule has 3 rings (SSSR count). The van der Waals surface area contributed by atoms with Crippen molar-refractivity contribution in [1.82, 2.24) is 0 Å². The predicted octanol–water partition coefficient (Wildman–Crippen LogP) is 6.55. The predicted molar refractivity (Wildman–Crippen MR) is 86.0 cm³/mol. The van der Waals surface area contributed by atoms with Crippen LogP contribution < -0.4 is 0 Å². The van der Waals surface area contributed by atoms with Crippen LogP contribution in [-0.2, 0) is 20.3 Å². The van der Waals surface area contributed by atoms with Crippen LogP contribution in [-0.4, -0.2) is 0 Å². The molecule has 0 saturated heterocycles. The molecule has 0 nitrogen and oxygen atoms in total. The molecule has 0 aromatic rings. The van der Waals surface area contributed by atoms with Gasteiger partial charge in [-0.1, -0.05) is 0 Å². The molecule has 1 unspecified atom stereocenters. The SMILES string of the molecule is CC1=C[C](C)([Zr]([CH3])([CH3])[C]2(C)C=CC=C2)C2=C1CCCC2. The van der Waals surface area contributed by atoms with Gasteiger partial charge in [0, 0.05) is 0 Å². The van der Waals surface area contributed by atoms with Crippen molar-refractivity contribution in [3.8, 4) is 0 Å². The Kier molecular flexibility index (Phi) is 3.45. The van der Waals surface area contributed by atoms with Crippen molar-refractivity contribution in [3.63, 3.8) is 0 Å². The Labute approximate surface area is 129 Å². The molecule has 0 aromatic heterocycles. The van der Waals surface area contributed by atoms with Gasteiger partial charge in [-0.05, 0) is 0 Å². The van der Waals surface area contributed by atoms with Crippen molar-refractivity contribution < 1.29 is 20.3 Å². The first-order chi connectivity index (χ1) is 9.32. The van der Waals surface area contributed by atoms with Gasteiger partial charge < -0.3 is 0 Å². The molecule has 0 spiro atoms. The first-order valence-electron chi connectivity index (χ1n) is 8.11. The third-order valence-electron chi connectivity index (χ3n) is 6.72. The zero-order valence-electron chi connectivity index (χ0n) is 13.7. The summed E-state index contributed by atoms with van der Waals surface area (Å²) in [6, 6.07) is 0. The van der Waals surface area contributed by atoms with E-state index in [1.54, 1.807) is 11.1 Å². The zero-order chi connectivity index (χ0) is 14.6. The van der Waals surface area contributed by atoms with Gasteiger partial charge in [0.05, 0.1) is 0 Å². The molecule has 0 saturated carbocycles. The van der Waals surface area contributed by atoms with Crippen molar-refractivity contribution in [2.45, 2.75) is 62.0 Å². The fourth-order valence-corrected chi connectivity index (χ4v) is 13.8. The van der Waals surface area contributed by atoms with E-state index < -0.39 is 20.3 Å². The second kappa shape index (κ2) is 4.67. The third kappa shape index (κ3) is 1.81. The fourth-order valence-electron chi connectivity index (χ4n) is 4.62. The van der Waals surface area contributed by atoms with Crippen LogP contribution in [0.15, 0.2) is 47.1 Å². The number of hydrogen-bond acceptors (Lipinski definition) is 0. The second-order valence-electron chi connectivity index (χ2n) is 7.82. The maximum absolute atomic E-state index is 2.67. The van der Waals surface area contributed by atoms with Crippen molar-refractivity contribution in [2.24, 2.45) is 0 Å². The van der Waals surface area contributed by atoms with Crippen LogP contribution in [0, 0.1) is 0 Å².